The number of anilines is 3. The largest absolute Gasteiger partial charge is 0.497 e. The van der Waals surface area contributed by atoms with Crippen LogP contribution < -0.4 is 24.4 Å². The van der Waals surface area contributed by atoms with Gasteiger partial charge in [0.05, 0.1) is 19.9 Å². The molecule has 0 saturated heterocycles. The number of rotatable bonds is 9. The molecule has 0 bridgehead atoms. The van der Waals surface area contributed by atoms with Crippen LogP contribution in [-0.2, 0) is 19.6 Å². The van der Waals surface area contributed by atoms with Crippen molar-refractivity contribution in [1.29, 1.82) is 0 Å². The average molecular weight is 498 g/mol. The second kappa shape index (κ2) is 10.9. The van der Waals surface area contributed by atoms with Crippen molar-refractivity contribution in [3.63, 3.8) is 0 Å². The molecule has 184 valence electrons. The van der Waals surface area contributed by atoms with Crippen LogP contribution in [0.2, 0.25) is 0 Å². The van der Waals surface area contributed by atoms with Crippen molar-refractivity contribution in [2.24, 2.45) is 0 Å². The molecule has 3 aromatic carbocycles. The lowest BCUT2D eigenvalue weighted by Gasteiger charge is -2.25. The van der Waals surface area contributed by atoms with E-state index in [-0.39, 0.29) is 22.2 Å². The Morgan fingerprint density at radius 3 is 2.14 bits per heavy atom. The third kappa shape index (κ3) is 6.30. The van der Waals surface area contributed by atoms with E-state index in [0.717, 1.165) is 9.87 Å². The third-order valence-corrected chi connectivity index (χ3v) is 6.80. The first-order chi connectivity index (χ1) is 16.6. The molecule has 0 aliphatic heterocycles. The summed E-state index contributed by atoms with van der Waals surface area (Å²) in [6, 6.07) is 17.7. The molecule has 3 aromatic rings. The highest BCUT2D eigenvalue weighted by atomic mass is 32.2. The van der Waals surface area contributed by atoms with Crippen LogP contribution >= 0.6 is 0 Å². The van der Waals surface area contributed by atoms with Gasteiger partial charge in [-0.3, -0.25) is 13.9 Å². The second-order valence-corrected chi connectivity index (χ2v) is 9.50. The molecule has 2 amide bonds. The van der Waals surface area contributed by atoms with E-state index < -0.39 is 22.5 Å². The molecule has 0 saturated carbocycles. The van der Waals surface area contributed by atoms with E-state index >= 15 is 0 Å². The predicted octanol–water partition coefficient (Wildman–Crippen LogP) is 3.80. The molecule has 0 radical (unpaired) electrons. The number of carbonyl (C=O) groups excluding carboxylic acids is 2. The lowest BCUT2D eigenvalue weighted by molar-refractivity contribution is -0.115. The molecule has 0 unspecified atom stereocenters. The smallest absolute Gasteiger partial charge is 0.268 e. The molecule has 3 rings (SSSR count). The van der Waals surface area contributed by atoms with Crippen molar-refractivity contribution >= 4 is 38.9 Å². The zero-order valence-electron chi connectivity index (χ0n) is 19.9. The van der Waals surface area contributed by atoms with Gasteiger partial charge in [0.15, 0.2) is 0 Å². The monoisotopic (exact) mass is 497 g/mol. The number of benzene rings is 3. The Hall–Kier alpha value is -4.05. The fraction of sp³-hybridized carbons (Fsp3) is 0.200. The molecule has 2 N–H and O–H groups in total. The summed E-state index contributed by atoms with van der Waals surface area (Å²) in [5.41, 5.74) is 1.90. The molecule has 0 aromatic heterocycles. The Kier molecular flexibility index (Phi) is 7.98. The maximum Gasteiger partial charge on any atom is 0.268 e. The van der Waals surface area contributed by atoms with Crippen LogP contribution in [-0.4, -0.2) is 41.0 Å². The van der Waals surface area contributed by atoms with Crippen molar-refractivity contribution in [3.8, 4) is 11.5 Å². The molecule has 0 aliphatic rings. The molecule has 0 fully saturated rings. The Bertz CT molecular complexity index is 1320. The molecule has 0 spiro atoms. The Balaban J connectivity index is 1.97. The van der Waals surface area contributed by atoms with Gasteiger partial charge < -0.3 is 20.1 Å². The predicted molar refractivity (Wildman–Crippen MR) is 135 cm³/mol. The van der Waals surface area contributed by atoms with Crippen molar-refractivity contribution < 1.29 is 27.5 Å². The van der Waals surface area contributed by atoms with Gasteiger partial charge in [-0.15, -0.1) is 0 Å². The first-order valence-corrected chi connectivity index (χ1v) is 12.1. The Labute approximate surface area is 204 Å². The summed E-state index contributed by atoms with van der Waals surface area (Å²) >= 11 is 0. The standard InChI is InChI=1S/C25H27N3O6S/c1-17-8-13-23(34-4)24(14-17)35(31,32)28(21-9-11-22(33-3)12-10-21)16-25(30)27-20-7-5-6-19(15-20)26-18(2)29/h5-15H,16H2,1-4H3,(H,26,29)(H,27,30). The SMILES string of the molecule is COc1ccc(N(CC(=O)Nc2cccc(NC(C)=O)c2)S(=O)(=O)c2cc(C)ccc2OC)cc1. The average Bonchev–Trinajstić information content (AvgIpc) is 2.82. The highest BCUT2D eigenvalue weighted by molar-refractivity contribution is 7.93. The first kappa shape index (κ1) is 25.6. The van der Waals surface area contributed by atoms with E-state index in [0.29, 0.717) is 17.1 Å². The first-order valence-electron chi connectivity index (χ1n) is 10.6. The molecular formula is C25H27N3O6S. The maximum absolute atomic E-state index is 13.8. The minimum absolute atomic E-state index is 0.0590. The Morgan fingerprint density at radius 1 is 0.886 bits per heavy atom. The lowest BCUT2D eigenvalue weighted by atomic mass is 10.2. The van der Waals surface area contributed by atoms with Gasteiger partial charge in [-0.25, -0.2) is 8.42 Å². The van der Waals surface area contributed by atoms with E-state index in [2.05, 4.69) is 10.6 Å². The quantitative estimate of drug-likeness (QED) is 0.465. The highest BCUT2D eigenvalue weighted by Crippen LogP contribution is 2.31. The van der Waals surface area contributed by atoms with Crippen molar-refractivity contribution in [2.45, 2.75) is 18.7 Å². The van der Waals surface area contributed by atoms with Gasteiger partial charge in [0.25, 0.3) is 10.0 Å². The van der Waals surface area contributed by atoms with E-state index in [1.165, 1.54) is 27.2 Å². The van der Waals surface area contributed by atoms with Gasteiger partial charge in [-0.1, -0.05) is 12.1 Å². The number of sulfonamides is 1. The molecule has 9 nitrogen and oxygen atoms in total. The number of methoxy groups -OCH3 is 2. The summed E-state index contributed by atoms with van der Waals surface area (Å²) in [6.45, 7) is 2.64. The van der Waals surface area contributed by atoms with E-state index in [1.807, 2.05) is 0 Å². The topological polar surface area (TPSA) is 114 Å². The van der Waals surface area contributed by atoms with Gasteiger partial charge in [-0.2, -0.15) is 0 Å². The van der Waals surface area contributed by atoms with Crippen molar-refractivity contribution in [2.75, 3.05) is 35.7 Å². The lowest BCUT2D eigenvalue weighted by Crippen LogP contribution is -2.38. The summed E-state index contributed by atoms with van der Waals surface area (Å²) in [5.74, 6) is -0.121. The number of ether oxygens (including phenoxy) is 2. The molecule has 0 heterocycles. The molecule has 0 atom stereocenters. The second-order valence-electron chi connectivity index (χ2n) is 7.67. The van der Waals surface area contributed by atoms with Gasteiger partial charge in [0.1, 0.15) is 22.9 Å². The van der Waals surface area contributed by atoms with E-state index in [1.54, 1.807) is 67.6 Å². The number of nitrogens with one attached hydrogen (secondary N) is 2. The number of hydrogen-bond donors (Lipinski definition) is 2. The summed E-state index contributed by atoms with van der Waals surface area (Å²) in [4.78, 5) is 24.3. The van der Waals surface area contributed by atoms with Crippen LogP contribution in [0.3, 0.4) is 0 Å². The third-order valence-electron chi connectivity index (χ3n) is 5.00. The summed E-state index contributed by atoms with van der Waals surface area (Å²) in [5, 5.41) is 5.33. The summed E-state index contributed by atoms with van der Waals surface area (Å²) in [7, 11) is -1.31. The fourth-order valence-corrected chi connectivity index (χ4v) is 5.04. The number of aryl methyl sites for hydroxylation is 1. The molecule has 0 aliphatic carbocycles. The van der Waals surface area contributed by atoms with Gasteiger partial charge in [-0.05, 0) is 67.1 Å². The van der Waals surface area contributed by atoms with Gasteiger partial charge in [0.2, 0.25) is 11.8 Å². The Morgan fingerprint density at radius 2 is 1.54 bits per heavy atom. The highest BCUT2D eigenvalue weighted by Gasteiger charge is 2.30. The van der Waals surface area contributed by atoms with Crippen molar-refractivity contribution in [1.82, 2.24) is 0 Å². The minimum atomic E-state index is -4.20. The summed E-state index contributed by atoms with van der Waals surface area (Å²) < 4.78 is 39.0. The number of hydrogen-bond acceptors (Lipinski definition) is 6. The maximum atomic E-state index is 13.8. The van der Waals surface area contributed by atoms with Crippen LogP contribution in [0.25, 0.3) is 0 Å². The van der Waals surface area contributed by atoms with Crippen LogP contribution in [0.15, 0.2) is 71.6 Å². The zero-order chi connectivity index (χ0) is 25.6. The van der Waals surface area contributed by atoms with Crippen LogP contribution in [0, 0.1) is 6.92 Å². The molecule has 10 heteroatoms. The van der Waals surface area contributed by atoms with Crippen LogP contribution in [0.4, 0.5) is 17.1 Å². The zero-order valence-corrected chi connectivity index (χ0v) is 20.7. The van der Waals surface area contributed by atoms with E-state index in [9.17, 15) is 18.0 Å². The van der Waals surface area contributed by atoms with Gasteiger partial charge >= 0.3 is 0 Å². The van der Waals surface area contributed by atoms with Crippen molar-refractivity contribution in [3.05, 3.63) is 72.3 Å². The fourth-order valence-electron chi connectivity index (χ4n) is 3.38. The van der Waals surface area contributed by atoms with Crippen LogP contribution in [0.1, 0.15) is 12.5 Å². The summed E-state index contributed by atoms with van der Waals surface area (Å²) in [6.07, 6.45) is 0. The number of nitrogens with zero attached hydrogens (tertiary/aromatic N) is 1. The molecular weight excluding hydrogens is 470 g/mol. The van der Waals surface area contributed by atoms with Gasteiger partial charge in [0, 0.05) is 18.3 Å². The number of amides is 2. The minimum Gasteiger partial charge on any atom is -0.497 e. The number of carbonyl (C=O) groups is 2. The van der Waals surface area contributed by atoms with Crippen LogP contribution in [0.5, 0.6) is 11.5 Å². The normalized spacial score (nSPS) is 10.9. The van der Waals surface area contributed by atoms with E-state index in [4.69, 9.17) is 9.47 Å². The molecule has 35 heavy (non-hydrogen) atoms.